The van der Waals surface area contributed by atoms with E-state index in [2.05, 4.69) is 0 Å². The minimum Gasteiger partial charge on any atom is -0.396 e. The molecule has 1 unspecified atom stereocenters. The highest BCUT2D eigenvalue weighted by atomic mass is 32.2. The summed E-state index contributed by atoms with van der Waals surface area (Å²) in [5.41, 5.74) is -0.664. The lowest BCUT2D eigenvalue weighted by Gasteiger charge is -2.18. The molecule has 1 aromatic rings. The van der Waals surface area contributed by atoms with E-state index in [0.29, 0.717) is 0 Å². The maximum atomic E-state index is 13.0. The van der Waals surface area contributed by atoms with E-state index in [0.717, 1.165) is 12.1 Å². The van der Waals surface area contributed by atoms with E-state index in [1.165, 1.54) is 0 Å². The van der Waals surface area contributed by atoms with Gasteiger partial charge in [-0.05, 0) is 17.7 Å². The summed E-state index contributed by atoms with van der Waals surface area (Å²) in [5, 5.41) is 8.99. The van der Waals surface area contributed by atoms with Crippen LogP contribution in [0.4, 0.5) is 17.6 Å². The van der Waals surface area contributed by atoms with Crippen LogP contribution < -0.4 is 5.73 Å². The maximum absolute atomic E-state index is 13.0. The number of sulfone groups is 1. The standard InChI is InChI=1S/C10H11F4NO3S/c11-7-1-2-8(6(4-15)5-16)9(3-7)19(17,18)10(12,13)14/h1-3,6,16H,4-5,15H2. The average molecular weight is 301 g/mol. The molecule has 0 aliphatic heterocycles. The van der Waals surface area contributed by atoms with Crippen LogP contribution in [0.15, 0.2) is 23.1 Å². The SMILES string of the molecule is NCC(CO)c1ccc(F)cc1S(=O)(=O)C(F)(F)F. The van der Waals surface area contributed by atoms with E-state index in [9.17, 15) is 26.0 Å². The highest BCUT2D eigenvalue weighted by Crippen LogP contribution is 2.34. The minimum absolute atomic E-state index is 0.274. The molecule has 0 saturated carbocycles. The van der Waals surface area contributed by atoms with Crippen LogP contribution in [0.25, 0.3) is 0 Å². The number of halogens is 4. The summed E-state index contributed by atoms with van der Waals surface area (Å²) in [5.74, 6) is -2.15. The summed E-state index contributed by atoms with van der Waals surface area (Å²) in [6.45, 7) is -0.926. The van der Waals surface area contributed by atoms with Crippen LogP contribution in [0, 0.1) is 5.82 Å². The predicted molar refractivity (Wildman–Crippen MR) is 58.5 cm³/mol. The summed E-state index contributed by atoms with van der Waals surface area (Å²) in [7, 11) is -5.70. The van der Waals surface area contributed by atoms with Crippen LogP contribution in [0.2, 0.25) is 0 Å². The summed E-state index contributed by atoms with van der Waals surface area (Å²) in [6, 6.07) is 1.96. The van der Waals surface area contributed by atoms with Crippen molar-refractivity contribution in [2.75, 3.05) is 13.2 Å². The van der Waals surface area contributed by atoms with Crippen LogP contribution in [0.5, 0.6) is 0 Å². The Morgan fingerprint density at radius 2 is 1.89 bits per heavy atom. The Balaban J connectivity index is 3.54. The normalized spacial score (nSPS) is 14.4. The van der Waals surface area contributed by atoms with E-state index in [1.807, 2.05) is 0 Å². The van der Waals surface area contributed by atoms with Crippen molar-refractivity contribution >= 4 is 9.84 Å². The van der Waals surface area contributed by atoms with Gasteiger partial charge in [0.15, 0.2) is 0 Å². The van der Waals surface area contributed by atoms with Gasteiger partial charge in [0.05, 0.1) is 11.5 Å². The van der Waals surface area contributed by atoms with Crippen molar-refractivity contribution in [1.29, 1.82) is 0 Å². The quantitative estimate of drug-likeness (QED) is 0.818. The highest BCUT2D eigenvalue weighted by Gasteiger charge is 2.48. The first kappa shape index (κ1) is 15.9. The molecule has 0 aliphatic rings. The molecule has 0 amide bonds. The lowest BCUT2D eigenvalue weighted by molar-refractivity contribution is -0.0436. The second-order valence-electron chi connectivity index (χ2n) is 3.75. The molecule has 1 aromatic carbocycles. The Morgan fingerprint density at radius 3 is 2.32 bits per heavy atom. The first-order valence-electron chi connectivity index (χ1n) is 5.07. The number of aliphatic hydroxyl groups is 1. The van der Waals surface area contributed by atoms with E-state index >= 15 is 0 Å². The molecule has 0 aromatic heterocycles. The van der Waals surface area contributed by atoms with Gasteiger partial charge in [0.1, 0.15) is 5.82 Å². The first-order chi connectivity index (χ1) is 8.65. The molecule has 0 fully saturated rings. The number of hydrogen-bond donors (Lipinski definition) is 2. The fraction of sp³-hybridized carbons (Fsp3) is 0.400. The van der Waals surface area contributed by atoms with Gasteiger partial charge >= 0.3 is 5.51 Å². The second-order valence-corrected chi connectivity index (χ2v) is 5.66. The zero-order valence-electron chi connectivity index (χ0n) is 9.48. The largest absolute Gasteiger partial charge is 0.501 e. The van der Waals surface area contributed by atoms with Crippen molar-refractivity contribution in [2.45, 2.75) is 16.3 Å². The van der Waals surface area contributed by atoms with Crippen molar-refractivity contribution in [2.24, 2.45) is 5.73 Å². The zero-order valence-corrected chi connectivity index (χ0v) is 10.3. The smallest absolute Gasteiger partial charge is 0.396 e. The summed E-state index contributed by atoms with van der Waals surface area (Å²) in [4.78, 5) is -1.22. The number of rotatable bonds is 4. The van der Waals surface area contributed by atoms with E-state index in [-0.39, 0.29) is 18.2 Å². The van der Waals surface area contributed by atoms with Gasteiger partial charge in [-0.3, -0.25) is 0 Å². The number of aliphatic hydroxyl groups excluding tert-OH is 1. The predicted octanol–water partition coefficient (Wildman–Crippen LogP) is 1.15. The summed E-state index contributed by atoms with van der Waals surface area (Å²) >= 11 is 0. The number of benzene rings is 1. The molecular weight excluding hydrogens is 290 g/mol. The summed E-state index contributed by atoms with van der Waals surface area (Å²) < 4.78 is 73.2. The van der Waals surface area contributed by atoms with Crippen molar-refractivity contribution in [1.82, 2.24) is 0 Å². The van der Waals surface area contributed by atoms with Gasteiger partial charge < -0.3 is 10.8 Å². The molecule has 0 saturated heterocycles. The molecular formula is C10H11F4NO3S. The Morgan fingerprint density at radius 1 is 1.32 bits per heavy atom. The third-order valence-electron chi connectivity index (χ3n) is 2.51. The van der Waals surface area contributed by atoms with Crippen molar-refractivity contribution in [3.05, 3.63) is 29.6 Å². The average Bonchev–Trinajstić information content (AvgIpc) is 2.30. The molecule has 108 valence electrons. The molecule has 0 heterocycles. The Hall–Kier alpha value is -1.19. The number of hydrogen-bond acceptors (Lipinski definition) is 4. The molecule has 1 atom stereocenters. The van der Waals surface area contributed by atoms with Gasteiger partial charge in [0.25, 0.3) is 9.84 Å². The van der Waals surface area contributed by atoms with E-state index < -0.39 is 38.6 Å². The van der Waals surface area contributed by atoms with Gasteiger partial charge in [0, 0.05) is 12.5 Å². The molecule has 1 rings (SSSR count). The molecule has 9 heteroatoms. The lowest BCUT2D eigenvalue weighted by Crippen LogP contribution is -2.27. The Labute approximate surface area is 106 Å². The molecule has 0 radical (unpaired) electrons. The topological polar surface area (TPSA) is 80.4 Å². The Bertz CT molecular complexity index is 552. The van der Waals surface area contributed by atoms with Crippen LogP contribution in [0.1, 0.15) is 11.5 Å². The fourth-order valence-corrected chi connectivity index (χ4v) is 2.56. The molecule has 3 N–H and O–H groups in total. The molecule has 0 bridgehead atoms. The third kappa shape index (κ3) is 3.04. The van der Waals surface area contributed by atoms with Gasteiger partial charge in [-0.25, -0.2) is 12.8 Å². The molecule has 19 heavy (non-hydrogen) atoms. The van der Waals surface area contributed by atoms with E-state index in [1.54, 1.807) is 0 Å². The van der Waals surface area contributed by atoms with Gasteiger partial charge in [0.2, 0.25) is 0 Å². The van der Waals surface area contributed by atoms with Gasteiger partial charge in [-0.15, -0.1) is 0 Å². The Kier molecular flexibility index (Phi) is 4.54. The minimum atomic E-state index is -5.70. The molecule has 0 spiro atoms. The maximum Gasteiger partial charge on any atom is 0.501 e. The zero-order chi connectivity index (χ0) is 14.8. The van der Waals surface area contributed by atoms with Crippen LogP contribution in [0.3, 0.4) is 0 Å². The van der Waals surface area contributed by atoms with Gasteiger partial charge in [-0.1, -0.05) is 6.07 Å². The van der Waals surface area contributed by atoms with Crippen molar-refractivity contribution < 1.29 is 31.1 Å². The number of nitrogens with two attached hydrogens (primary N) is 1. The summed E-state index contributed by atoms with van der Waals surface area (Å²) in [6.07, 6.45) is 0. The van der Waals surface area contributed by atoms with Crippen LogP contribution >= 0.6 is 0 Å². The molecule has 4 nitrogen and oxygen atoms in total. The van der Waals surface area contributed by atoms with Crippen LogP contribution in [-0.4, -0.2) is 32.2 Å². The third-order valence-corrected chi connectivity index (χ3v) is 4.06. The first-order valence-corrected chi connectivity index (χ1v) is 6.55. The van der Waals surface area contributed by atoms with E-state index in [4.69, 9.17) is 10.8 Å². The van der Waals surface area contributed by atoms with Crippen LogP contribution in [-0.2, 0) is 9.84 Å². The monoisotopic (exact) mass is 301 g/mol. The number of alkyl halides is 3. The molecule has 0 aliphatic carbocycles. The highest BCUT2D eigenvalue weighted by molar-refractivity contribution is 7.92. The fourth-order valence-electron chi connectivity index (χ4n) is 1.50. The van der Waals surface area contributed by atoms with Crippen molar-refractivity contribution in [3.63, 3.8) is 0 Å². The second kappa shape index (κ2) is 5.43. The van der Waals surface area contributed by atoms with Crippen molar-refractivity contribution in [3.8, 4) is 0 Å². The lowest BCUT2D eigenvalue weighted by atomic mass is 10.0. The van der Waals surface area contributed by atoms with Gasteiger partial charge in [-0.2, -0.15) is 13.2 Å².